The van der Waals surface area contributed by atoms with Crippen molar-refractivity contribution in [3.8, 4) is 0 Å². The van der Waals surface area contributed by atoms with Crippen molar-refractivity contribution in [3.05, 3.63) is 60.2 Å². The topological polar surface area (TPSA) is 180 Å². The van der Waals surface area contributed by atoms with E-state index in [1.807, 2.05) is 18.2 Å². The molecule has 4 amide bonds. The fraction of sp³-hybridized carbons (Fsp3) is 0.531. The second kappa shape index (κ2) is 15.0. The number of aromatic nitrogens is 2. The van der Waals surface area contributed by atoms with Crippen LogP contribution in [-0.4, -0.2) is 81.0 Å². The molecule has 4 rings (SSSR count). The average Bonchev–Trinajstić information content (AvgIpc) is 3.46. The van der Waals surface area contributed by atoms with Gasteiger partial charge in [0.2, 0.25) is 11.8 Å². The molecule has 242 valence electrons. The minimum Gasteiger partial charge on any atom is -0.481 e. The van der Waals surface area contributed by atoms with Crippen LogP contribution in [0.3, 0.4) is 0 Å². The molecule has 13 heteroatoms. The second-order valence-electron chi connectivity index (χ2n) is 12.8. The Bertz CT molecular complexity index is 1340. The first-order valence-corrected chi connectivity index (χ1v) is 15.3. The van der Waals surface area contributed by atoms with E-state index in [9.17, 15) is 29.1 Å². The number of carbonyl (C=O) groups excluding carboxylic acids is 4. The van der Waals surface area contributed by atoms with Gasteiger partial charge in [0.15, 0.2) is 0 Å². The van der Waals surface area contributed by atoms with Gasteiger partial charge in [-0.3, -0.25) is 24.2 Å². The minimum atomic E-state index is -1.17. The Morgan fingerprint density at radius 2 is 1.69 bits per heavy atom. The molecule has 1 saturated heterocycles. The lowest BCUT2D eigenvalue weighted by atomic mass is 9.82. The Hall–Kier alpha value is -4.55. The first-order valence-electron chi connectivity index (χ1n) is 15.3. The van der Waals surface area contributed by atoms with Crippen LogP contribution in [0.15, 0.2) is 48.9 Å². The largest absolute Gasteiger partial charge is 0.481 e. The number of aliphatic carboxylic acids is 1. The molecule has 2 heterocycles. The molecule has 4 atom stereocenters. The highest BCUT2D eigenvalue weighted by atomic mass is 16.6. The number of amides is 4. The van der Waals surface area contributed by atoms with E-state index >= 15 is 0 Å². The Labute approximate surface area is 262 Å². The molecule has 2 fully saturated rings. The maximum Gasteiger partial charge on any atom is 0.410 e. The Balaban J connectivity index is 1.45. The normalized spacial score (nSPS) is 20.0. The van der Waals surface area contributed by atoms with E-state index in [-0.39, 0.29) is 31.3 Å². The lowest BCUT2D eigenvalue weighted by Crippen LogP contribution is -2.61. The first-order chi connectivity index (χ1) is 21.4. The number of likely N-dealkylation sites (tertiary alicyclic amines) is 1. The fourth-order valence-electron chi connectivity index (χ4n) is 5.83. The highest BCUT2D eigenvalue weighted by molar-refractivity contribution is 5.97. The molecule has 2 aliphatic rings. The second-order valence-corrected chi connectivity index (χ2v) is 12.8. The van der Waals surface area contributed by atoms with Crippen molar-refractivity contribution < 1.29 is 33.8 Å². The Morgan fingerprint density at radius 1 is 0.978 bits per heavy atom. The molecular weight excluding hydrogens is 580 g/mol. The zero-order chi connectivity index (χ0) is 32.6. The number of carbonyl (C=O) groups is 5. The van der Waals surface area contributed by atoms with Crippen LogP contribution in [0.25, 0.3) is 0 Å². The lowest BCUT2D eigenvalue weighted by Gasteiger charge is -2.35. The third kappa shape index (κ3) is 8.99. The Morgan fingerprint density at radius 3 is 2.31 bits per heavy atom. The zero-order valence-electron chi connectivity index (χ0n) is 25.9. The summed E-state index contributed by atoms with van der Waals surface area (Å²) in [7, 11) is 0. The summed E-state index contributed by atoms with van der Waals surface area (Å²) in [5.41, 5.74) is 0.0779. The van der Waals surface area contributed by atoms with Crippen LogP contribution >= 0.6 is 0 Å². The van der Waals surface area contributed by atoms with Crippen molar-refractivity contribution >= 4 is 29.8 Å². The van der Waals surface area contributed by atoms with Gasteiger partial charge >= 0.3 is 12.1 Å². The standard InChI is InChI=1S/C32H42N6O7/c1-32(2,3)26(37-28(40)25(21-12-8-5-9-13-21)36-27(39)23-16-33-14-15-34-23)29(41)35-24-18-38(17-22(24)30(42)43)31(44)45-19-20-10-6-4-7-11-20/h4,6-7,10-11,14-16,21-22,24-26H,5,8-9,12-13,17-19H2,1-3H3,(H,35,41)(H,36,39)(H,37,40)(H,42,43)/t22-,24+,25+,26?/m1/s1. The molecule has 1 aliphatic carbocycles. The van der Waals surface area contributed by atoms with Crippen LogP contribution in [0.2, 0.25) is 0 Å². The number of ether oxygens (including phenoxy) is 1. The van der Waals surface area contributed by atoms with Gasteiger partial charge in [0.05, 0.1) is 18.2 Å². The first kappa shape index (κ1) is 33.3. The van der Waals surface area contributed by atoms with Crippen LogP contribution in [0.5, 0.6) is 0 Å². The lowest BCUT2D eigenvalue weighted by molar-refractivity contribution is -0.142. The number of hydrogen-bond donors (Lipinski definition) is 4. The summed E-state index contributed by atoms with van der Waals surface area (Å²) in [6, 6.07) is 6.20. The van der Waals surface area contributed by atoms with Crippen molar-refractivity contribution in [1.29, 1.82) is 0 Å². The van der Waals surface area contributed by atoms with E-state index in [1.165, 1.54) is 23.5 Å². The van der Waals surface area contributed by atoms with Gasteiger partial charge in [-0.1, -0.05) is 70.4 Å². The van der Waals surface area contributed by atoms with Gasteiger partial charge in [0.25, 0.3) is 5.91 Å². The molecule has 45 heavy (non-hydrogen) atoms. The summed E-state index contributed by atoms with van der Waals surface area (Å²) in [5.74, 6) is -4.02. The fourth-order valence-corrected chi connectivity index (χ4v) is 5.83. The molecule has 1 aromatic carbocycles. The number of carboxylic acids is 1. The van der Waals surface area contributed by atoms with Crippen LogP contribution in [-0.2, 0) is 25.7 Å². The van der Waals surface area contributed by atoms with Crippen molar-refractivity contribution in [2.24, 2.45) is 17.3 Å². The molecule has 0 spiro atoms. The van der Waals surface area contributed by atoms with Gasteiger partial charge in [-0.2, -0.15) is 0 Å². The number of carboxylic acid groups (broad SMARTS) is 1. The average molecular weight is 623 g/mol. The summed E-state index contributed by atoms with van der Waals surface area (Å²) < 4.78 is 5.38. The monoisotopic (exact) mass is 622 g/mol. The third-order valence-corrected chi connectivity index (χ3v) is 8.33. The van der Waals surface area contributed by atoms with Crippen molar-refractivity contribution in [2.75, 3.05) is 13.1 Å². The smallest absolute Gasteiger partial charge is 0.410 e. The number of rotatable bonds is 10. The van der Waals surface area contributed by atoms with Gasteiger partial charge < -0.3 is 30.7 Å². The van der Waals surface area contributed by atoms with Gasteiger partial charge in [-0.05, 0) is 29.7 Å². The van der Waals surface area contributed by atoms with Crippen LogP contribution in [0.1, 0.15) is 68.9 Å². The highest BCUT2D eigenvalue weighted by Crippen LogP contribution is 2.28. The van der Waals surface area contributed by atoms with Gasteiger partial charge in [0, 0.05) is 25.5 Å². The molecule has 1 aliphatic heterocycles. The number of nitrogens with one attached hydrogen (secondary N) is 3. The summed E-state index contributed by atoms with van der Waals surface area (Å²) in [6.07, 6.45) is 7.83. The molecule has 0 bridgehead atoms. The van der Waals surface area contributed by atoms with Gasteiger partial charge in [0.1, 0.15) is 24.4 Å². The van der Waals surface area contributed by atoms with E-state index in [1.54, 1.807) is 32.9 Å². The maximum absolute atomic E-state index is 13.8. The number of nitrogens with zero attached hydrogens (tertiary/aromatic N) is 3. The zero-order valence-corrected chi connectivity index (χ0v) is 25.9. The molecule has 1 aromatic heterocycles. The summed E-state index contributed by atoms with van der Waals surface area (Å²) >= 11 is 0. The molecule has 0 radical (unpaired) electrons. The van der Waals surface area contributed by atoms with E-state index < -0.39 is 59.2 Å². The summed E-state index contributed by atoms with van der Waals surface area (Å²) in [6.45, 7) is 5.16. The SMILES string of the molecule is CC(C)(C)C(NC(=O)[C@@H](NC(=O)c1cnccn1)C1CCCCC1)C(=O)N[C@H]1CN(C(=O)OCc2ccccc2)C[C@H]1C(=O)O. The number of hydrogen-bond acceptors (Lipinski definition) is 8. The minimum absolute atomic E-state index is 0.0264. The molecule has 2 aromatic rings. The highest BCUT2D eigenvalue weighted by Gasteiger charge is 2.44. The Kier molecular flexibility index (Phi) is 11.1. The summed E-state index contributed by atoms with van der Waals surface area (Å²) in [4.78, 5) is 74.6. The van der Waals surface area contributed by atoms with Gasteiger partial charge in [-0.15, -0.1) is 0 Å². The molecule has 1 saturated carbocycles. The molecule has 1 unspecified atom stereocenters. The van der Waals surface area contributed by atoms with Crippen LogP contribution < -0.4 is 16.0 Å². The molecule has 13 nitrogen and oxygen atoms in total. The van der Waals surface area contributed by atoms with Crippen LogP contribution in [0, 0.1) is 17.3 Å². The van der Waals surface area contributed by atoms with Crippen molar-refractivity contribution in [2.45, 2.75) is 77.6 Å². The van der Waals surface area contributed by atoms with E-state index in [4.69, 9.17) is 4.74 Å². The van der Waals surface area contributed by atoms with E-state index in [0.717, 1.165) is 37.7 Å². The predicted octanol–water partition coefficient (Wildman–Crippen LogP) is 2.52. The number of benzene rings is 1. The van der Waals surface area contributed by atoms with Crippen molar-refractivity contribution in [1.82, 2.24) is 30.8 Å². The van der Waals surface area contributed by atoms with E-state index in [2.05, 4.69) is 25.9 Å². The van der Waals surface area contributed by atoms with Crippen LogP contribution in [0.4, 0.5) is 4.79 Å². The maximum atomic E-state index is 13.8. The third-order valence-electron chi connectivity index (χ3n) is 8.33. The van der Waals surface area contributed by atoms with Gasteiger partial charge in [-0.25, -0.2) is 9.78 Å². The molecular formula is C32H42N6O7. The quantitative estimate of drug-likeness (QED) is 0.310. The molecule has 4 N–H and O–H groups in total. The summed E-state index contributed by atoms with van der Waals surface area (Å²) in [5, 5.41) is 18.3. The van der Waals surface area contributed by atoms with Crippen molar-refractivity contribution in [3.63, 3.8) is 0 Å². The predicted molar refractivity (Wildman–Crippen MR) is 163 cm³/mol. The van der Waals surface area contributed by atoms with E-state index in [0.29, 0.717) is 0 Å².